The average Bonchev–Trinajstić information content (AvgIpc) is 2.46. The molecule has 19 heavy (non-hydrogen) atoms. The van der Waals surface area contributed by atoms with Gasteiger partial charge >= 0.3 is 0 Å². The zero-order valence-corrected chi connectivity index (χ0v) is 11.8. The highest BCUT2D eigenvalue weighted by atomic mass is 35.5. The number of halogens is 1. The summed E-state index contributed by atoms with van der Waals surface area (Å²) < 4.78 is 5.31. The highest BCUT2D eigenvalue weighted by molar-refractivity contribution is 6.30. The smallest absolute Gasteiger partial charge is 0.217 e. The fraction of sp³-hybridized carbons (Fsp3) is 0.267. The van der Waals surface area contributed by atoms with Crippen LogP contribution in [0.2, 0.25) is 5.02 Å². The van der Waals surface area contributed by atoms with Crippen molar-refractivity contribution in [1.29, 1.82) is 0 Å². The molecule has 2 aromatic rings. The van der Waals surface area contributed by atoms with Crippen molar-refractivity contribution in [3.63, 3.8) is 0 Å². The topological polar surface area (TPSA) is 34.2 Å². The molecule has 100 valence electrons. The van der Waals surface area contributed by atoms with E-state index in [-0.39, 0.29) is 6.04 Å². The van der Waals surface area contributed by atoms with Crippen LogP contribution in [-0.4, -0.2) is 19.1 Å². The fourth-order valence-electron chi connectivity index (χ4n) is 2.06. The molecule has 1 heterocycles. The van der Waals surface area contributed by atoms with Crippen LogP contribution in [0.3, 0.4) is 0 Å². The van der Waals surface area contributed by atoms with Crippen molar-refractivity contribution in [2.75, 3.05) is 14.2 Å². The Morgan fingerprint density at radius 1 is 1.26 bits per heavy atom. The van der Waals surface area contributed by atoms with Gasteiger partial charge in [-0.25, -0.2) is 4.98 Å². The van der Waals surface area contributed by atoms with Gasteiger partial charge in [-0.15, -0.1) is 0 Å². The fourth-order valence-corrected chi connectivity index (χ4v) is 2.19. The van der Waals surface area contributed by atoms with Crippen molar-refractivity contribution in [3.8, 4) is 5.88 Å². The van der Waals surface area contributed by atoms with Gasteiger partial charge in [0.1, 0.15) is 0 Å². The molecule has 0 bridgehead atoms. The third-order valence-electron chi connectivity index (χ3n) is 3.07. The van der Waals surface area contributed by atoms with Crippen molar-refractivity contribution in [3.05, 3.63) is 58.7 Å². The maximum atomic E-state index is 5.90. The Kier molecular flexibility index (Phi) is 4.77. The Labute approximate surface area is 118 Å². The number of rotatable bonds is 5. The molecule has 0 saturated carbocycles. The van der Waals surface area contributed by atoms with Crippen molar-refractivity contribution in [2.45, 2.75) is 12.5 Å². The van der Waals surface area contributed by atoms with Crippen molar-refractivity contribution < 1.29 is 4.74 Å². The monoisotopic (exact) mass is 276 g/mol. The van der Waals surface area contributed by atoms with E-state index in [1.807, 2.05) is 43.4 Å². The highest BCUT2D eigenvalue weighted by Crippen LogP contribution is 2.25. The summed E-state index contributed by atoms with van der Waals surface area (Å²) in [5.74, 6) is 0.663. The summed E-state index contributed by atoms with van der Waals surface area (Å²) in [5.41, 5.74) is 2.28. The van der Waals surface area contributed by atoms with Gasteiger partial charge < -0.3 is 10.1 Å². The first-order chi connectivity index (χ1) is 9.24. The number of likely N-dealkylation sites (N-methyl/N-ethyl adjacent to an activating group) is 1. The van der Waals surface area contributed by atoms with Gasteiger partial charge in [0.25, 0.3) is 0 Å². The lowest BCUT2D eigenvalue weighted by molar-refractivity contribution is 0.384. The highest BCUT2D eigenvalue weighted by Gasteiger charge is 2.15. The molecule has 1 aromatic heterocycles. The quantitative estimate of drug-likeness (QED) is 0.910. The van der Waals surface area contributed by atoms with Gasteiger partial charge in [0.2, 0.25) is 5.88 Å². The van der Waals surface area contributed by atoms with E-state index in [0.717, 1.165) is 17.0 Å². The Balaban J connectivity index is 2.22. The summed E-state index contributed by atoms with van der Waals surface area (Å²) in [6.45, 7) is 0. The minimum Gasteiger partial charge on any atom is -0.481 e. The second-order valence-corrected chi connectivity index (χ2v) is 4.71. The molecule has 2 rings (SSSR count). The van der Waals surface area contributed by atoms with Gasteiger partial charge in [-0.1, -0.05) is 29.8 Å². The second kappa shape index (κ2) is 6.55. The lowest BCUT2D eigenvalue weighted by Crippen LogP contribution is -2.19. The third kappa shape index (κ3) is 3.46. The van der Waals surface area contributed by atoms with Crippen LogP contribution in [0.4, 0.5) is 0 Å². The third-order valence-corrected chi connectivity index (χ3v) is 3.32. The number of nitrogens with one attached hydrogen (secondary N) is 1. The lowest BCUT2D eigenvalue weighted by Gasteiger charge is -2.18. The van der Waals surface area contributed by atoms with Crippen LogP contribution < -0.4 is 10.1 Å². The Bertz CT molecular complexity index is 528. The van der Waals surface area contributed by atoms with Crippen molar-refractivity contribution in [1.82, 2.24) is 10.3 Å². The number of methoxy groups -OCH3 is 1. The maximum absolute atomic E-state index is 5.90. The molecule has 0 aliphatic carbocycles. The molecule has 1 atom stereocenters. The minimum absolute atomic E-state index is 0.157. The summed E-state index contributed by atoms with van der Waals surface area (Å²) in [5, 5.41) is 4.06. The van der Waals surface area contributed by atoms with E-state index >= 15 is 0 Å². The van der Waals surface area contributed by atoms with Crippen molar-refractivity contribution >= 4 is 11.6 Å². The molecule has 3 nitrogen and oxygen atoms in total. The Morgan fingerprint density at radius 2 is 2.00 bits per heavy atom. The summed E-state index contributed by atoms with van der Waals surface area (Å²) >= 11 is 5.90. The Morgan fingerprint density at radius 3 is 2.63 bits per heavy atom. The van der Waals surface area contributed by atoms with Gasteiger partial charge in [-0.3, -0.25) is 0 Å². The van der Waals surface area contributed by atoms with Gasteiger partial charge in [-0.2, -0.15) is 0 Å². The van der Waals surface area contributed by atoms with E-state index in [0.29, 0.717) is 5.88 Å². The molecular formula is C15H17ClN2O. The lowest BCUT2D eigenvalue weighted by atomic mass is 10.00. The van der Waals surface area contributed by atoms with Crippen LogP contribution in [0.1, 0.15) is 17.2 Å². The predicted octanol–water partition coefficient (Wildman–Crippen LogP) is 3.25. The SMILES string of the molecule is CNC(Cc1ccc(Cl)cc1)c1cccnc1OC. The predicted molar refractivity (Wildman–Crippen MR) is 77.7 cm³/mol. The van der Waals surface area contributed by atoms with E-state index in [1.165, 1.54) is 5.56 Å². The van der Waals surface area contributed by atoms with E-state index in [9.17, 15) is 0 Å². The second-order valence-electron chi connectivity index (χ2n) is 4.27. The first-order valence-electron chi connectivity index (χ1n) is 6.15. The normalized spacial score (nSPS) is 12.2. The first-order valence-corrected chi connectivity index (χ1v) is 6.53. The summed E-state index contributed by atoms with van der Waals surface area (Å²) in [6, 6.07) is 12.0. The first kappa shape index (κ1) is 13.8. The maximum Gasteiger partial charge on any atom is 0.217 e. The average molecular weight is 277 g/mol. The summed E-state index contributed by atoms with van der Waals surface area (Å²) in [7, 11) is 3.58. The molecule has 0 amide bonds. The zero-order chi connectivity index (χ0) is 13.7. The van der Waals surface area contributed by atoms with Gasteiger partial charge in [0, 0.05) is 22.8 Å². The zero-order valence-electron chi connectivity index (χ0n) is 11.1. The molecule has 4 heteroatoms. The number of hydrogen-bond donors (Lipinski definition) is 1. The number of hydrogen-bond acceptors (Lipinski definition) is 3. The number of benzene rings is 1. The van der Waals surface area contributed by atoms with Gasteiger partial charge in [0.15, 0.2) is 0 Å². The number of ether oxygens (including phenoxy) is 1. The largest absolute Gasteiger partial charge is 0.481 e. The van der Waals surface area contributed by atoms with Crippen LogP contribution in [0.25, 0.3) is 0 Å². The van der Waals surface area contributed by atoms with Crippen LogP contribution in [-0.2, 0) is 6.42 Å². The molecule has 0 radical (unpaired) electrons. The van der Waals surface area contributed by atoms with E-state index < -0.39 is 0 Å². The number of aromatic nitrogens is 1. The van der Waals surface area contributed by atoms with Crippen molar-refractivity contribution in [2.24, 2.45) is 0 Å². The standard InChI is InChI=1S/C15H17ClN2O/c1-17-14(10-11-5-7-12(16)8-6-11)13-4-3-9-18-15(13)19-2/h3-9,14,17H,10H2,1-2H3. The summed E-state index contributed by atoms with van der Waals surface area (Å²) in [6.07, 6.45) is 2.59. The Hall–Kier alpha value is -1.58. The molecule has 0 aliphatic rings. The van der Waals surface area contributed by atoms with E-state index in [4.69, 9.17) is 16.3 Å². The molecule has 1 unspecified atom stereocenters. The van der Waals surface area contributed by atoms with Gasteiger partial charge in [-0.05, 0) is 37.2 Å². The van der Waals surface area contributed by atoms with Gasteiger partial charge in [0.05, 0.1) is 7.11 Å². The van der Waals surface area contributed by atoms with Crippen LogP contribution in [0.15, 0.2) is 42.6 Å². The van der Waals surface area contributed by atoms with Crippen LogP contribution >= 0.6 is 11.6 Å². The summed E-state index contributed by atoms with van der Waals surface area (Å²) in [4.78, 5) is 4.24. The molecule has 1 aromatic carbocycles. The molecular weight excluding hydrogens is 260 g/mol. The van der Waals surface area contributed by atoms with Crippen LogP contribution in [0, 0.1) is 0 Å². The van der Waals surface area contributed by atoms with Crippen LogP contribution in [0.5, 0.6) is 5.88 Å². The molecule has 0 spiro atoms. The van der Waals surface area contributed by atoms with E-state index in [2.05, 4.69) is 10.3 Å². The molecule has 1 N–H and O–H groups in total. The number of nitrogens with zero attached hydrogens (tertiary/aromatic N) is 1. The molecule has 0 fully saturated rings. The van der Waals surface area contributed by atoms with E-state index in [1.54, 1.807) is 13.3 Å². The molecule has 0 saturated heterocycles. The minimum atomic E-state index is 0.157. The molecule has 0 aliphatic heterocycles. The number of pyridine rings is 1.